The minimum absolute atomic E-state index is 0.293. The highest BCUT2D eigenvalue weighted by Gasteiger charge is 2.14. The molecule has 0 aliphatic heterocycles. The molecule has 1 N–H and O–H groups in total. The summed E-state index contributed by atoms with van der Waals surface area (Å²) < 4.78 is 0. The summed E-state index contributed by atoms with van der Waals surface area (Å²) in [5.74, 6) is 0.480. The molecule has 0 bridgehead atoms. The Balaban J connectivity index is 2.05. The highest BCUT2D eigenvalue weighted by Crippen LogP contribution is 2.30. The van der Waals surface area contributed by atoms with Crippen LogP contribution in [-0.4, -0.2) is 0 Å². The van der Waals surface area contributed by atoms with E-state index in [-0.39, 0.29) is 0 Å². The minimum atomic E-state index is 0.293. The quantitative estimate of drug-likeness (QED) is 0.453. The molecular formula is C27H41N. The number of nitrogens with one attached hydrogen (secondary N) is 1. The van der Waals surface area contributed by atoms with Crippen molar-refractivity contribution in [1.29, 1.82) is 0 Å². The standard InChI is InChI=1S/C27H41N/c1-20(12-9-10-17-26(3,4)5)21(2)28-25-14-11-13-23-16-15-22(18-24(23)25)19-27(6,7)8/h11,13-16,18,20,28H,2,9-10,12,17,19H2,1,3-8H3. The molecule has 2 rings (SSSR count). The third-order valence-electron chi connectivity index (χ3n) is 5.39. The summed E-state index contributed by atoms with van der Waals surface area (Å²) in [6.07, 6.45) is 6.14. The predicted octanol–water partition coefficient (Wildman–Crippen LogP) is 8.60. The number of fused-ring (bicyclic) bond motifs is 1. The second-order valence-electron chi connectivity index (χ2n) is 11.0. The van der Waals surface area contributed by atoms with Gasteiger partial charge in [-0.3, -0.25) is 0 Å². The van der Waals surface area contributed by atoms with Crippen LogP contribution in [0.15, 0.2) is 48.7 Å². The van der Waals surface area contributed by atoms with E-state index in [9.17, 15) is 0 Å². The first-order valence-corrected chi connectivity index (χ1v) is 10.9. The summed E-state index contributed by atoms with van der Waals surface area (Å²) in [7, 11) is 0. The van der Waals surface area contributed by atoms with Crippen LogP contribution in [0.5, 0.6) is 0 Å². The predicted molar refractivity (Wildman–Crippen MR) is 127 cm³/mol. The maximum atomic E-state index is 4.35. The van der Waals surface area contributed by atoms with Crippen LogP contribution >= 0.6 is 0 Å². The van der Waals surface area contributed by atoms with Crippen LogP contribution < -0.4 is 5.32 Å². The Kier molecular flexibility index (Phi) is 7.37. The highest BCUT2D eigenvalue weighted by molar-refractivity contribution is 5.94. The Bertz CT molecular complexity index is 786. The van der Waals surface area contributed by atoms with Gasteiger partial charge in [0.25, 0.3) is 0 Å². The fourth-order valence-corrected chi connectivity index (χ4v) is 3.73. The zero-order chi connectivity index (χ0) is 20.9. The van der Waals surface area contributed by atoms with E-state index in [2.05, 4.69) is 96.8 Å². The summed E-state index contributed by atoms with van der Waals surface area (Å²) >= 11 is 0. The molecule has 1 heteroatoms. The van der Waals surface area contributed by atoms with Gasteiger partial charge in [0.2, 0.25) is 0 Å². The molecule has 1 unspecified atom stereocenters. The van der Waals surface area contributed by atoms with E-state index in [1.54, 1.807) is 0 Å². The third kappa shape index (κ3) is 7.34. The fourth-order valence-electron chi connectivity index (χ4n) is 3.73. The second-order valence-corrected chi connectivity index (χ2v) is 11.0. The Morgan fingerprint density at radius 2 is 1.68 bits per heavy atom. The molecule has 0 saturated heterocycles. The van der Waals surface area contributed by atoms with Crippen LogP contribution in [0.3, 0.4) is 0 Å². The molecule has 0 radical (unpaired) electrons. The topological polar surface area (TPSA) is 12.0 Å². The Hall–Kier alpha value is -1.76. The lowest BCUT2D eigenvalue weighted by Crippen LogP contribution is -2.10. The Morgan fingerprint density at radius 1 is 0.964 bits per heavy atom. The first-order valence-electron chi connectivity index (χ1n) is 10.9. The molecule has 0 aliphatic carbocycles. The van der Waals surface area contributed by atoms with Gasteiger partial charge >= 0.3 is 0 Å². The van der Waals surface area contributed by atoms with E-state index >= 15 is 0 Å². The smallest absolute Gasteiger partial charge is 0.0461 e. The number of benzene rings is 2. The van der Waals surface area contributed by atoms with E-state index in [0.29, 0.717) is 16.7 Å². The molecule has 0 fully saturated rings. The summed E-state index contributed by atoms with van der Waals surface area (Å²) in [6.45, 7) is 20.5. The first-order chi connectivity index (χ1) is 12.9. The van der Waals surface area contributed by atoms with Gasteiger partial charge in [0.15, 0.2) is 0 Å². The van der Waals surface area contributed by atoms with Crippen LogP contribution in [-0.2, 0) is 6.42 Å². The molecule has 1 nitrogen and oxygen atoms in total. The SMILES string of the molecule is C=C(Nc1cccc2ccc(CC(C)(C)C)cc12)C(C)CCCCC(C)(C)C. The lowest BCUT2D eigenvalue weighted by molar-refractivity contribution is 0.353. The fraction of sp³-hybridized carbons (Fsp3) is 0.556. The molecule has 0 spiro atoms. The number of rotatable bonds is 8. The monoisotopic (exact) mass is 379 g/mol. The number of hydrogen-bond donors (Lipinski definition) is 1. The van der Waals surface area contributed by atoms with Gasteiger partial charge in [0.1, 0.15) is 0 Å². The molecular weight excluding hydrogens is 338 g/mol. The molecule has 0 aromatic heterocycles. The molecule has 0 aliphatic rings. The van der Waals surface area contributed by atoms with Gasteiger partial charge in [-0.2, -0.15) is 0 Å². The summed E-state index contributed by atoms with van der Waals surface area (Å²) in [4.78, 5) is 0. The van der Waals surface area contributed by atoms with Crippen LogP contribution in [0.25, 0.3) is 10.8 Å². The van der Waals surface area contributed by atoms with Crippen molar-refractivity contribution < 1.29 is 0 Å². The Labute approximate surface area is 173 Å². The number of unbranched alkanes of at least 4 members (excludes halogenated alkanes) is 1. The molecule has 1 atom stereocenters. The van der Waals surface area contributed by atoms with Crippen LogP contribution in [0, 0.1) is 16.7 Å². The molecule has 154 valence electrons. The van der Waals surface area contributed by atoms with E-state index in [0.717, 1.165) is 12.1 Å². The average molecular weight is 380 g/mol. The number of hydrogen-bond acceptors (Lipinski definition) is 1. The minimum Gasteiger partial charge on any atom is -0.359 e. The summed E-state index contributed by atoms with van der Waals surface area (Å²) in [5, 5.41) is 6.22. The molecule has 0 saturated carbocycles. The van der Waals surface area contributed by atoms with Crippen LogP contribution in [0.4, 0.5) is 5.69 Å². The van der Waals surface area contributed by atoms with Crippen molar-refractivity contribution in [2.24, 2.45) is 16.7 Å². The lowest BCUT2D eigenvalue weighted by atomic mass is 9.87. The average Bonchev–Trinajstić information content (AvgIpc) is 2.56. The largest absolute Gasteiger partial charge is 0.359 e. The summed E-state index contributed by atoms with van der Waals surface area (Å²) in [5.41, 5.74) is 4.44. The van der Waals surface area contributed by atoms with E-state index in [1.165, 1.54) is 47.7 Å². The van der Waals surface area contributed by atoms with Gasteiger partial charge in [-0.1, -0.05) is 92.2 Å². The van der Waals surface area contributed by atoms with Gasteiger partial charge in [-0.15, -0.1) is 0 Å². The van der Waals surface area contributed by atoms with Crippen molar-refractivity contribution in [1.82, 2.24) is 0 Å². The zero-order valence-electron chi connectivity index (χ0n) is 19.3. The molecule has 28 heavy (non-hydrogen) atoms. The molecule has 2 aromatic carbocycles. The normalized spacial score (nSPS) is 13.5. The maximum absolute atomic E-state index is 4.35. The first kappa shape index (κ1) is 22.5. The second kappa shape index (κ2) is 9.16. The van der Waals surface area contributed by atoms with Crippen molar-refractivity contribution in [3.8, 4) is 0 Å². The number of anilines is 1. The van der Waals surface area contributed by atoms with Crippen molar-refractivity contribution in [2.75, 3.05) is 5.32 Å². The number of allylic oxidation sites excluding steroid dienone is 1. The van der Waals surface area contributed by atoms with Gasteiger partial charge < -0.3 is 5.32 Å². The van der Waals surface area contributed by atoms with Crippen molar-refractivity contribution >= 4 is 16.5 Å². The molecule has 0 amide bonds. The lowest BCUT2D eigenvalue weighted by Gasteiger charge is -2.21. The van der Waals surface area contributed by atoms with E-state index in [4.69, 9.17) is 0 Å². The van der Waals surface area contributed by atoms with Crippen LogP contribution in [0.2, 0.25) is 0 Å². The molecule has 2 aromatic rings. The maximum Gasteiger partial charge on any atom is 0.0461 e. The molecule has 0 heterocycles. The van der Waals surface area contributed by atoms with Gasteiger partial charge in [0.05, 0.1) is 0 Å². The van der Waals surface area contributed by atoms with Gasteiger partial charge in [0, 0.05) is 16.8 Å². The van der Waals surface area contributed by atoms with E-state index in [1.807, 2.05) is 0 Å². The Morgan fingerprint density at radius 3 is 2.32 bits per heavy atom. The highest BCUT2D eigenvalue weighted by atomic mass is 14.9. The summed E-state index contributed by atoms with van der Waals surface area (Å²) in [6, 6.07) is 13.4. The van der Waals surface area contributed by atoms with E-state index < -0.39 is 0 Å². The van der Waals surface area contributed by atoms with Gasteiger partial charge in [-0.25, -0.2) is 0 Å². The zero-order valence-corrected chi connectivity index (χ0v) is 19.3. The van der Waals surface area contributed by atoms with Crippen LogP contribution in [0.1, 0.15) is 79.7 Å². The third-order valence-corrected chi connectivity index (χ3v) is 5.39. The van der Waals surface area contributed by atoms with Crippen molar-refractivity contribution in [3.05, 3.63) is 54.2 Å². The van der Waals surface area contributed by atoms with Crippen molar-refractivity contribution in [2.45, 2.75) is 80.6 Å². The van der Waals surface area contributed by atoms with Crippen molar-refractivity contribution in [3.63, 3.8) is 0 Å². The van der Waals surface area contributed by atoms with Gasteiger partial charge in [-0.05, 0) is 59.1 Å².